The van der Waals surface area contributed by atoms with Gasteiger partial charge in [-0.15, -0.1) is 11.6 Å². The second kappa shape index (κ2) is 8.42. The number of rotatable bonds is 6. The van der Waals surface area contributed by atoms with Crippen LogP contribution in [0.3, 0.4) is 0 Å². The molecule has 0 bridgehead atoms. The van der Waals surface area contributed by atoms with Crippen molar-refractivity contribution in [1.82, 2.24) is 10.6 Å². The van der Waals surface area contributed by atoms with Gasteiger partial charge in [0.15, 0.2) is 0 Å². The third-order valence-electron chi connectivity index (χ3n) is 2.20. The molecule has 0 aliphatic carbocycles. The predicted molar refractivity (Wildman–Crippen MR) is 73.9 cm³/mol. The molecule has 0 radical (unpaired) electrons. The molecule has 0 aliphatic rings. The molecule has 18 heavy (non-hydrogen) atoms. The molecule has 1 rings (SSSR count). The molecule has 0 aromatic heterocycles. The highest BCUT2D eigenvalue weighted by molar-refractivity contribution is 6.17. The van der Waals surface area contributed by atoms with Crippen molar-refractivity contribution in [1.29, 1.82) is 0 Å². The van der Waals surface area contributed by atoms with Crippen molar-refractivity contribution in [3.05, 3.63) is 36.0 Å². The zero-order valence-corrected chi connectivity index (χ0v) is 11.0. The van der Waals surface area contributed by atoms with Crippen molar-refractivity contribution in [2.75, 3.05) is 19.5 Å². The fraction of sp³-hybridized carbons (Fsp3) is 0.308. The molecule has 0 aliphatic heterocycles. The van der Waals surface area contributed by atoms with Gasteiger partial charge in [-0.1, -0.05) is 12.1 Å². The van der Waals surface area contributed by atoms with E-state index < -0.39 is 0 Å². The van der Waals surface area contributed by atoms with Crippen LogP contribution in [-0.4, -0.2) is 25.6 Å². The number of carbonyl (C=O) groups excluding carboxylic acids is 1. The quantitative estimate of drug-likeness (QED) is 0.615. The lowest BCUT2D eigenvalue weighted by Crippen LogP contribution is -2.32. The van der Waals surface area contributed by atoms with E-state index in [1.807, 2.05) is 24.3 Å². The highest BCUT2D eigenvalue weighted by atomic mass is 35.5. The van der Waals surface area contributed by atoms with E-state index in [9.17, 15) is 4.79 Å². The number of alkyl halides is 1. The van der Waals surface area contributed by atoms with E-state index in [4.69, 9.17) is 16.3 Å². The van der Waals surface area contributed by atoms with Crippen LogP contribution in [0.1, 0.15) is 12.0 Å². The lowest BCUT2D eigenvalue weighted by Gasteiger charge is -2.02. The molecule has 98 valence electrons. The monoisotopic (exact) mass is 268 g/mol. The number of ether oxygens (including phenoxy) is 1. The number of benzene rings is 1. The van der Waals surface area contributed by atoms with E-state index >= 15 is 0 Å². The number of methoxy groups -OCH3 is 1. The first-order valence-electron chi connectivity index (χ1n) is 5.67. The van der Waals surface area contributed by atoms with E-state index in [1.54, 1.807) is 19.4 Å². The Morgan fingerprint density at radius 2 is 2.11 bits per heavy atom. The van der Waals surface area contributed by atoms with Gasteiger partial charge in [-0.3, -0.25) is 0 Å². The van der Waals surface area contributed by atoms with Gasteiger partial charge in [0.05, 0.1) is 7.11 Å². The summed E-state index contributed by atoms with van der Waals surface area (Å²) in [5.41, 5.74) is 0.983. The Balaban J connectivity index is 2.32. The van der Waals surface area contributed by atoms with Gasteiger partial charge in [0, 0.05) is 18.6 Å². The molecule has 0 fully saturated rings. The summed E-state index contributed by atoms with van der Waals surface area (Å²) in [6.07, 6.45) is 4.16. The summed E-state index contributed by atoms with van der Waals surface area (Å²) >= 11 is 5.50. The van der Waals surface area contributed by atoms with E-state index in [0.29, 0.717) is 12.4 Å². The van der Waals surface area contributed by atoms with Crippen LogP contribution in [0.5, 0.6) is 5.75 Å². The van der Waals surface area contributed by atoms with Crippen molar-refractivity contribution in [2.45, 2.75) is 6.42 Å². The maximum Gasteiger partial charge on any atom is 0.318 e. The number of amides is 2. The van der Waals surface area contributed by atoms with Crippen molar-refractivity contribution < 1.29 is 9.53 Å². The Kier molecular flexibility index (Phi) is 6.72. The lowest BCUT2D eigenvalue weighted by molar-refractivity contribution is 0.244. The second-order valence-corrected chi connectivity index (χ2v) is 3.93. The summed E-state index contributed by atoms with van der Waals surface area (Å²) in [5, 5.41) is 5.30. The van der Waals surface area contributed by atoms with Crippen molar-refractivity contribution in [2.24, 2.45) is 0 Å². The summed E-state index contributed by atoms with van der Waals surface area (Å²) in [4.78, 5) is 11.3. The molecule has 0 saturated carbocycles. The SMILES string of the molecule is COc1ccc(/C=C/NC(=O)NCCCCl)cc1. The van der Waals surface area contributed by atoms with Gasteiger partial charge in [0.1, 0.15) is 5.75 Å². The fourth-order valence-electron chi connectivity index (χ4n) is 1.25. The van der Waals surface area contributed by atoms with Gasteiger partial charge in [0.25, 0.3) is 0 Å². The van der Waals surface area contributed by atoms with Gasteiger partial charge in [-0.25, -0.2) is 4.79 Å². The first-order valence-corrected chi connectivity index (χ1v) is 6.20. The van der Waals surface area contributed by atoms with E-state index in [1.165, 1.54) is 0 Å². The Morgan fingerprint density at radius 1 is 1.39 bits per heavy atom. The third-order valence-corrected chi connectivity index (χ3v) is 2.47. The predicted octanol–water partition coefficient (Wildman–Crippen LogP) is 2.59. The Bertz CT molecular complexity index is 390. The molecule has 0 heterocycles. The summed E-state index contributed by atoms with van der Waals surface area (Å²) in [6.45, 7) is 0.575. The summed E-state index contributed by atoms with van der Waals surface area (Å²) in [6, 6.07) is 7.30. The van der Waals surface area contributed by atoms with Crippen molar-refractivity contribution >= 4 is 23.7 Å². The molecule has 0 saturated heterocycles. The highest BCUT2D eigenvalue weighted by Crippen LogP contribution is 2.11. The molecule has 5 heteroatoms. The van der Waals surface area contributed by atoms with Crippen LogP contribution in [0.25, 0.3) is 6.08 Å². The van der Waals surface area contributed by atoms with Gasteiger partial charge >= 0.3 is 6.03 Å². The van der Waals surface area contributed by atoms with E-state index in [2.05, 4.69) is 10.6 Å². The van der Waals surface area contributed by atoms with Crippen LogP contribution in [0.15, 0.2) is 30.5 Å². The normalized spacial score (nSPS) is 10.3. The molecule has 2 amide bonds. The molecular weight excluding hydrogens is 252 g/mol. The Labute approximate surface area is 112 Å². The Hall–Kier alpha value is -1.68. The average Bonchev–Trinajstić information content (AvgIpc) is 2.40. The zero-order valence-electron chi connectivity index (χ0n) is 10.3. The van der Waals surface area contributed by atoms with E-state index in [0.717, 1.165) is 17.7 Å². The van der Waals surface area contributed by atoms with Crippen LogP contribution < -0.4 is 15.4 Å². The van der Waals surface area contributed by atoms with E-state index in [-0.39, 0.29) is 6.03 Å². The molecule has 2 N–H and O–H groups in total. The van der Waals surface area contributed by atoms with Crippen molar-refractivity contribution in [3.8, 4) is 5.75 Å². The molecule has 1 aromatic rings. The smallest absolute Gasteiger partial charge is 0.318 e. The number of halogens is 1. The number of hydrogen-bond donors (Lipinski definition) is 2. The van der Waals surface area contributed by atoms with Crippen LogP contribution in [-0.2, 0) is 0 Å². The van der Waals surface area contributed by atoms with Crippen LogP contribution in [0.4, 0.5) is 4.79 Å². The van der Waals surface area contributed by atoms with Crippen LogP contribution >= 0.6 is 11.6 Å². The van der Waals surface area contributed by atoms with Crippen LogP contribution in [0.2, 0.25) is 0 Å². The van der Waals surface area contributed by atoms with Gasteiger partial charge in [-0.2, -0.15) is 0 Å². The first-order chi connectivity index (χ1) is 8.76. The molecule has 0 spiro atoms. The highest BCUT2D eigenvalue weighted by Gasteiger charge is 1.95. The maximum absolute atomic E-state index is 11.3. The maximum atomic E-state index is 11.3. The molecule has 0 atom stereocenters. The zero-order chi connectivity index (χ0) is 13.2. The topological polar surface area (TPSA) is 50.4 Å². The third kappa shape index (κ3) is 5.59. The molecule has 0 unspecified atom stereocenters. The number of hydrogen-bond acceptors (Lipinski definition) is 2. The summed E-state index contributed by atoms with van der Waals surface area (Å²) < 4.78 is 5.05. The largest absolute Gasteiger partial charge is 0.497 e. The molecule has 1 aromatic carbocycles. The minimum atomic E-state index is -0.232. The summed E-state index contributed by atoms with van der Waals surface area (Å²) in [5.74, 6) is 1.35. The Morgan fingerprint density at radius 3 is 2.72 bits per heavy atom. The average molecular weight is 269 g/mol. The first kappa shape index (κ1) is 14.4. The standard InChI is InChI=1S/C13H17ClN2O2/c1-18-12-5-3-11(4-6-12)7-10-16-13(17)15-9-2-8-14/h3-7,10H,2,8-9H2,1H3,(H2,15,16,17)/b10-7+. The number of urea groups is 1. The molecular formula is C13H17ClN2O2. The minimum absolute atomic E-state index is 0.232. The number of nitrogens with one attached hydrogen (secondary N) is 2. The number of carbonyl (C=O) groups is 1. The molecule has 4 nitrogen and oxygen atoms in total. The summed E-state index contributed by atoms with van der Waals surface area (Å²) in [7, 11) is 1.62. The lowest BCUT2D eigenvalue weighted by atomic mass is 10.2. The minimum Gasteiger partial charge on any atom is -0.497 e. The fourth-order valence-corrected chi connectivity index (χ4v) is 1.38. The van der Waals surface area contributed by atoms with Gasteiger partial charge < -0.3 is 15.4 Å². The van der Waals surface area contributed by atoms with Crippen molar-refractivity contribution in [3.63, 3.8) is 0 Å². The van der Waals surface area contributed by atoms with Gasteiger partial charge in [0.2, 0.25) is 0 Å². The van der Waals surface area contributed by atoms with Crippen LogP contribution in [0, 0.1) is 0 Å². The second-order valence-electron chi connectivity index (χ2n) is 3.55. The van der Waals surface area contributed by atoms with Gasteiger partial charge in [-0.05, 0) is 30.2 Å².